The molecular weight excluding hydrogens is 463 g/mol. The van der Waals surface area contributed by atoms with Crippen LogP contribution < -0.4 is 4.74 Å². The first-order valence-corrected chi connectivity index (χ1v) is 10.7. The lowest BCUT2D eigenvalue weighted by Gasteiger charge is -2.20. The first-order valence-electron chi connectivity index (χ1n) is 10.3. The summed E-state index contributed by atoms with van der Waals surface area (Å²) in [5.74, 6) is -0.206. The van der Waals surface area contributed by atoms with E-state index in [0.29, 0.717) is 17.6 Å². The number of esters is 1. The second-order valence-electron chi connectivity index (χ2n) is 8.17. The number of ether oxygens (including phenoxy) is 2. The van der Waals surface area contributed by atoms with Gasteiger partial charge in [0.05, 0.1) is 31.8 Å². The van der Waals surface area contributed by atoms with Crippen LogP contribution in [-0.2, 0) is 21.5 Å². The highest BCUT2D eigenvalue weighted by atomic mass is 35.5. The molecule has 0 N–H and O–H groups in total. The number of aryl methyl sites for hydroxylation is 1. The number of methoxy groups -OCH3 is 2. The molecule has 0 aliphatic carbocycles. The number of carbonyl (C=O) groups is 1. The Morgan fingerprint density at radius 3 is 2.47 bits per heavy atom. The minimum atomic E-state index is -1.16. The van der Waals surface area contributed by atoms with Crippen molar-refractivity contribution in [3.8, 4) is 17.3 Å². The van der Waals surface area contributed by atoms with Gasteiger partial charge in [-0.05, 0) is 44.5 Å². The summed E-state index contributed by atoms with van der Waals surface area (Å²) in [7, 11) is 2.87. The lowest BCUT2D eigenvalue weighted by atomic mass is 9.90. The van der Waals surface area contributed by atoms with E-state index in [2.05, 4.69) is 25.3 Å². The highest BCUT2D eigenvalue weighted by Gasteiger charge is 2.36. The quantitative estimate of drug-likeness (QED) is 0.379. The molecule has 1 aromatic carbocycles. The van der Waals surface area contributed by atoms with E-state index >= 15 is 0 Å². The maximum atomic E-state index is 14.4. The second kappa shape index (κ2) is 8.94. The number of aromatic nitrogens is 6. The summed E-state index contributed by atoms with van der Waals surface area (Å²) in [6.07, 6.45) is 0. The summed E-state index contributed by atoms with van der Waals surface area (Å²) in [5.41, 5.74) is 0.905. The number of hydrogen-bond acceptors (Lipinski definition) is 8. The largest absolute Gasteiger partial charge is 0.497 e. The molecule has 11 heteroatoms. The minimum absolute atomic E-state index is 0.0289. The van der Waals surface area contributed by atoms with Gasteiger partial charge in [-0.2, -0.15) is 5.10 Å². The molecule has 0 aliphatic rings. The Morgan fingerprint density at radius 1 is 1.15 bits per heavy atom. The van der Waals surface area contributed by atoms with Gasteiger partial charge in [0.2, 0.25) is 5.82 Å². The molecule has 0 saturated carbocycles. The Bertz CT molecular complexity index is 1390. The summed E-state index contributed by atoms with van der Waals surface area (Å²) < 4.78 is 26.1. The third kappa shape index (κ3) is 4.16. The van der Waals surface area contributed by atoms with E-state index in [4.69, 9.17) is 21.1 Å². The average Bonchev–Trinajstić information content (AvgIpc) is 3.15. The van der Waals surface area contributed by atoms with Crippen molar-refractivity contribution in [3.63, 3.8) is 0 Å². The molecule has 4 aromatic rings. The fourth-order valence-corrected chi connectivity index (χ4v) is 3.84. The van der Waals surface area contributed by atoms with Crippen LogP contribution in [0.5, 0.6) is 5.75 Å². The third-order valence-corrected chi connectivity index (χ3v) is 5.75. The van der Waals surface area contributed by atoms with Crippen molar-refractivity contribution in [1.82, 2.24) is 29.9 Å². The molecule has 3 aromatic heterocycles. The molecule has 0 unspecified atom stereocenters. The van der Waals surface area contributed by atoms with Crippen LogP contribution in [0.2, 0.25) is 5.15 Å². The molecule has 0 atom stereocenters. The summed E-state index contributed by atoms with van der Waals surface area (Å²) in [5, 5.41) is 13.3. The van der Waals surface area contributed by atoms with Gasteiger partial charge in [0.15, 0.2) is 10.8 Å². The van der Waals surface area contributed by atoms with Gasteiger partial charge in [0, 0.05) is 0 Å². The lowest BCUT2D eigenvalue weighted by Crippen LogP contribution is -2.32. The Labute approximate surface area is 199 Å². The van der Waals surface area contributed by atoms with E-state index in [1.165, 1.54) is 13.2 Å². The van der Waals surface area contributed by atoms with E-state index in [9.17, 15) is 9.18 Å². The monoisotopic (exact) mass is 484 g/mol. The smallest absolute Gasteiger partial charge is 0.317 e. The number of benzene rings is 1. The summed E-state index contributed by atoms with van der Waals surface area (Å²) >= 11 is 6.38. The summed E-state index contributed by atoms with van der Waals surface area (Å²) in [6, 6.07) is 8.83. The van der Waals surface area contributed by atoms with Crippen LogP contribution in [0, 0.1) is 12.7 Å². The second-order valence-corrected chi connectivity index (χ2v) is 8.53. The minimum Gasteiger partial charge on any atom is -0.497 e. The number of rotatable bonds is 6. The number of carbonyl (C=O) groups excluding carboxylic acids is 1. The first kappa shape index (κ1) is 23.5. The van der Waals surface area contributed by atoms with Gasteiger partial charge in [0.1, 0.15) is 28.4 Å². The molecule has 0 amide bonds. The van der Waals surface area contributed by atoms with Crippen LogP contribution >= 0.6 is 11.6 Å². The highest BCUT2D eigenvalue weighted by molar-refractivity contribution is 6.30. The molecule has 0 aliphatic heterocycles. The molecular formula is C23H22ClFN6O3. The van der Waals surface area contributed by atoms with Gasteiger partial charge >= 0.3 is 5.97 Å². The fraction of sp³-hybridized carbons (Fsp3) is 0.304. The fourth-order valence-electron chi connectivity index (χ4n) is 3.48. The Kier molecular flexibility index (Phi) is 6.18. The average molecular weight is 485 g/mol. The molecule has 34 heavy (non-hydrogen) atoms. The molecule has 176 valence electrons. The maximum absolute atomic E-state index is 14.4. The molecule has 9 nitrogen and oxygen atoms in total. The Morgan fingerprint density at radius 2 is 1.85 bits per heavy atom. The number of fused-ring (bicyclic) bond motifs is 1. The van der Waals surface area contributed by atoms with E-state index in [1.807, 2.05) is 24.3 Å². The SMILES string of the molecule is COC(=O)C(C)(C)c1nnc(-c2nn(Cc3ccc(OC)cc3)c3nc(C)c(F)cc23)nc1Cl. The summed E-state index contributed by atoms with van der Waals surface area (Å²) in [6.45, 7) is 5.17. The van der Waals surface area contributed by atoms with Crippen molar-refractivity contribution < 1.29 is 18.7 Å². The van der Waals surface area contributed by atoms with E-state index in [-0.39, 0.29) is 28.1 Å². The van der Waals surface area contributed by atoms with Gasteiger partial charge in [0.25, 0.3) is 0 Å². The van der Waals surface area contributed by atoms with Gasteiger partial charge in [-0.15, -0.1) is 10.2 Å². The van der Waals surface area contributed by atoms with Crippen LogP contribution in [0.4, 0.5) is 4.39 Å². The van der Waals surface area contributed by atoms with Gasteiger partial charge in [-0.3, -0.25) is 4.79 Å². The predicted octanol–water partition coefficient (Wildman–Crippen LogP) is 3.89. The number of pyridine rings is 1. The molecule has 0 radical (unpaired) electrons. The molecule has 0 saturated heterocycles. The van der Waals surface area contributed by atoms with E-state index in [1.54, 1.807) is 32.6 Å². The normalized spacial score (nSPS) is 11.6. The number of hydrogen-bond donors (Lipinski definition) is 0. The lowest BCUT2D eigenvalue weighted by molar-refractivity contribution is -0.146. The van der Waals surface area contributed by atoms with Crippen LogP contribution in [0.25, 0.3) is 22.6 Å². The van der Waals surface area contributed by atoms with Crippen molar-refractivity contribution in [1.29, 1.82) is 0 Å². The van der Waals surface area contributed by atoms with Gasteiger partial charge < -0.3 is 9.47 Å². The van der Waals surface area contributed by atoms with Gasteiger partial charge in [-0.25, -0.2) is 19.0 Å². The summed E-state index contributed by atoms with van der Waals surface area (Å²) in [4.78, 5) is 20.9. The van der Waals surface area contributed by atoms with Crippen molar-refractivity contribution in [2.75, 3.05) is 14.2 Å². The molecule has 0 spiro atoms. The zero-order valence-corrected chi connectivity index (χ0v) is 20.0. The maximum Gasteiger partial charge on any atom is 0.317 e. The Balaban J connectivity index is 1.82. The molecule has 0 fully saturated rings. The van der Waals surface area contributed by atoms with Crippen LogP contribution in [0.15, 0.2) is 30.3 Å². The van der Waals surface area contributed by atoms with Crippen LogP contribution in [0.3, 0.4) is 0 Å². The van der Waals surface area contributed by atoms with Gasteiger partial charge in [-0.1, -0.05) is 23.7 Å². The highest BCUT2D eigenvalue weighted by Crippen LogP contribution is 2.31. The topological polar surface area (TPSA) is 105 Å². The van der Waals surface area contributed by atoms with Crippen molar-refractivity contribution in [2.24, 2.45) is 0 Å². The Hall–Kier alpha value is -3.66. The first-order chi connectivity index (χ1) is 16.1. The van der Waals surface area contributed by atoms with Crippen molar-refractivity contribution in [2.45, 2.75) is 32.7 Å². The van der Waals surface area contributed by atoms with E-state index < -0.39 is 17.2 Å². The standard InChI is InChI=1S/C23H22ClFN6O3/c1-12-16(25)10-15-17(20-27-19(24)18(28-29-20)23(2,3)22(32)34-5)30-31(21(15)26-12)11-13-6-8-14(33-4)9-7-13/h6-10H,11H2,1-5H3. The molecule has 3 heterocycles. The third-order valence-electron chi connectivity index (χ3n) is 5.49. The zero-order chi connectivity index (χ0) is 24.6. The number of nitrogens with zero attached hydrogens (tertiary/aromatic N) is 6. The zero-order valence-electron chi connectivity index (χ0n) is 19.3. The van der Waals surface area contributed by atoms with Crippen molar-refractivity contribution >= 4 is 28.6 Å². The molecule has 4 rings (SSSR count). The van der Waals surface area contributed by atoms with Crippen LogP contribution in [-0.4, -0.2) is 50.1 Å². The van der Waals surface area contributed by atoms with Crippen LogP contribution in [0.1, 0.15) is 30.8 Å². The van der Waals surface area contributed by atoms with Crippen molar-refractivity contribution in [3.05, 3.63) is 58.3 Å². The molecule has 0 bridgehead atoms. The van der Waals surface area contributed by atoms with E-state index in [0.717, 1.165) is 11.3 Å². The number of halogens is 2. The predicted molar refractivity (Wildman–Crippen MR) is 123 cm³/mol.